The van der Waals surface area contributed by atoms with Crippen LogP contribution in [-0.2, 0) is 4.74 Å². The Morgan fingerprint density at radius 2 is 1.87 bits per heavy atom. The van der Waals surface area contributed by atoms with Gasteiger partial charge in [-0.3, -0.25) is 0 Å². The Morgan fingerprint density at radius 3 is 2.67 bits per heavy atom. The number of nitrogen functional groups attached to an aromatic ring is 1. The predicted octanol–water partition coefficient (Wildman–Crippen LogP) is 5.30. The summed E-state index contributed by atoms with van der Waals surface area (Å²) < 4.78 is 11.5. The average molecular weight is 465 g/mol. The third-order valence-electron chi connectivity index (χ3n) is 4.34. The molecule has 7 nitrogen and oxygen atoms in total. The average Bonchev–Trinajstić information content (AvgIpc) is 2.75. The Balaban J connectivity index is 1.61. The number of anilines is 3. The summed E-state index contributed by atoms with van der Waals surface area (Å²) >= 11 is 3.39. The molecule has 150 valence electrons. The van der Waals surface area contributed by atoms with Crippen LogP contribution in [0.15, 0.2) is 71.3 Å². The lowest BCUT2D eigenvalue weighted by Crippen LogP contribution is -2.03. The fourth-order valence-corrected chi connectivity index (χ4v) is 3.48. The van der Waals surface area contributed by atoms with Crippen molar-refractivity contribution in [1.29, 1.82) is 0 Å². The van der Waals surface area contributed by atoms with Crippen LogP contribution in [0.5, 0.6) is 11.6 Å². The quantitative estimate of drug-likeness (QED) is 0.305. The Labute approximate surface area is 181 Å². The monoisotopic (exact) mass is 464 g/mol. The second-order valence-electron chi connectivity index (χ2n) is 6.36. The fourth-order valence-electron chi connectivity index (χ4n) is 2.98. The van der Waals surface area contributed by atoms with Gasteiger partial charge in [-0.25, -0.2) is 9.78 Å². The van der Waals surface area contributed by atoms with Crippen molar-refractivity contribution in [3.05, 3.63) is 76.9 Å². The van der Waals surface area contributed by atoms with Crippen LogP contribution in [0.25, 0.3) is 10.8 Å². The van der Waals surface area contributed by atoms with E-state index in [9.17, 15) is 4.79 Å². The second-order valence-corrected chi connectivity index (χ2v) is 7.28. The topological polar surface area (TPSA) is 99.4 Å². The van der Waals surface area contributed by atoms with Crippen molar-refractivity contribution in [3.63, 3.8) is 0 Å². The molecule has 0 radical (unpaired) electrons. The van der Waals surface area contributed by atoms with Crippen molar-refractivity contribution >= 4 is 50.0 Å². The SMILES string of the molecule is COC(=O)c1cc(Br)cc(Nc2nccc(Oc3ccc(N)c4ccccc34)n2)c1. The van der Waals surface area contributed by atoms with E-state index in [1.54, 1.807) is 36.5 Å². The van der Waals surface area contributed by atoms with E-state index in [2.05, 4.69) is 31.2 Å². The number of rotatable bonds is 5. The van der Waals surface area contributed by atoms with Gasteiger partial charge in [0.25, 0.3) is 0 Å². The molecule has 3 aromatic carbocycles. The molecule has 0 aliphatic carbocycles. The number of esters is 1. The van der Waals surface area contributed by atoms with E-state index < -0.39 is 5.97 Å². The smallest absolute Gasteiger partial charge is 0.337 e. The molecule has 4 aromatic rings. The molecule has 0 fully saturated rings. The lowest BCUT2D eigenvalue weighted by Gasteiger charge is -2.11. The highest BCUT2D eigenvalue weighted by atomic mass is 79.9. The highest BCUT2D eigenvalue weighted by Crippen LogP contribution is 2.32. The zero-order valence-electron chi connectivity index (χ0n) is 15.9. The van der Waals surface area contributed by atoms with Crippen LogP contribution in [0.3, 0.4) is 0 Å². The van der Waals surface area contributed by atoms with Gasteiger partial charge in [0, 0.05) is 38.9 Å². The maximum atomic E-state index is 11.8. The molecule has 1 heterocycles. The summed E-state index contributed by atoms with van der Waals surface area (Å²) in [7, 11) is 1.33. The minimum atomic E-state index is -0.437. The molecule has 0 atom stereocenters. The van der Waals surface area contributed by atoms with Crippen LogP contribution < -0.4 is 15.8 Å². The molecule has 0 bridgehead atoms. The third kappa shape index (κ3) is 4.18. The number of nitrogens with two attached hydrogens (primary N) is 1. The Kier molecular flexibility index (Phi) is 5.49. The first-order valence-electron chi connectivity index (χ1n) is 8.97. The lowest BCUT2D eigenvalue weighted by atomic mass is 10.1. The maximum absolute atomic E-state index is 11.8. The fraction of sp³-hybridized carbons (Fsp3) is 0.0455. The van der Waals surface area contributed by atoms with Crippen molar-refractivity contribution in [1.82, 2.24) is 9.97 Å². The van der Waals surface area contributed by atoms with E-state index in [0.717, 1.165) is 10.8 Å². The first kappa shape index (κ1) is 19.7. The van der Waals surface area contributed by atoms with Gasteiger partial charge >= 0.3 is 5.97 Å². The molecule has 30 heavy (non-hydrogen) atoms. The zero-order valence-corrected chi connectivity index (χ0v) is 17.5. The van der Waals surface area contributed by atoms with Gasteiger partial charge in [0.2, 0.25) is 11.8 Å². The number of hydrogen-bond donors (Lipinski definition) is 2. The van der Waals surface area contributed by atoms with Gasteiger partial charge in [-0.2, -0.15) is 4.98 Å². The van der Waals surface area contributed by atoms with E-state index >= 15 is 0 Å². The summed E-state index contributed by atoms with van der Waals surface area (Å²) in [5, 5.41) is 4.87. The van der Waals surface area contributed by atoms with Crippen molar-refractivity contribution in [3.8, 4) is 11.6 Å². The second kappa shape index (κ2) is 8.38. The molecule has 8 heteroatoms. The van der Waals surface area contributed by atoms with Gasteiger partial charge in [-0.1, -0.05) is 40.2 Å². The Hall–Kier alpha value is -3.65. The van der Waals surface area contributed by atoms with E-state index in [-0.39, 0.29) is 0 Å². The first-order valence-corrected chi connectivity index (χ1v) is 9.77. The van der Waals surface area contributed by atoms with Gasteiger partial charge in [0.15, 0.2) is 0 Å². The highest BCUT2D eigenvalue weighted by molar-refractivity contribution is 9.10. The van der Waals surface area contributed by atoms with Crippen LogP contribution in [0.4, 0.5) is 17.3 Å². The minimum Gasteiger partial charge on any atom is -0.465 e. The molecule has 0 unspecified atom stereocenters. The summed E-state index contributed by atoms with van der Waals surface area (Å²) in [5.74, 6) is 0.888. The molecular weight excluding hydrogens is 448 g/mol. The Bertz CT molecular complexity index is 1250. The Morgan fingerprint density at radius 1 is 1.07 bits per heavy atom. The summed E-state index contributed by atoms with van der Waals surface area (Å²) in [6.45, 7) is 0. The van der Waals surface area contributed by atoms with Crippen molar-refractivity contribution in [2.75, 3.05) is 18.2 Å². The molecule has 4 rings (SSSR count). The molecule has 3 N–H and O–H groups in total. The molecule has 0 amide bonds. The van der Waals surface area contributed by atoms with Crippen LogP contribution in [0.2, 0.25) is 0 Å². The van der Waals surface area contributed by atoms with Crippen LogP contribution in [-0.4, -0.2) is 23.0 Å². The number of carbonyl (C=O) groups is 1. The molecule has 0 spiro atoms. The van der Waals surface area contributed by atoms with Crippen LogP contribution >= 0.6 is 15.9 Å². The number of aromatic nitrogens is 2. The van der Waals surface area contributed by atoms with Gasteiger partial charge in [0.05, 0.1) is 12.7 Å². The molecule has 0 saturated carbocycles. The van der Waals surface area contributed by atoms with Gasteiger partial charge in [0.1, 0.15) is 5.75 Å². The molecule has 0 aliphatic heterocycles. The normalized spacial score (nSPS) is 10.6. The molecule has 1 aromatic heterocycles. The van der Waals surface area contributed by atoms with E-state index in [1.807, 2.05) is 30.3 Å². The molecular formula is C22H17BrN4O3. The van der Waals surface area contributed by atoms with E-state index in [4.69, 9.17) is 15.2 Å². The maximum Gasteiger partial charge on any atom is 0.337 e. The molecule has 0 aliphatic rings. The van der Waals surface area contributed by atoms with Gasteiger partial charge in [-0.15, -0.1) is 0 Å². The summed E-state index contributed by atoms with van der Waals surface area (Å²) in [6.07, 6.45) is 1.59. The van der Waals surface area contributed by atoms with Crippen molar-refractivity contribution < 1.29 is 14.3 Å². The number of ether oxygens (including phenoxy) is 2. The van der Waals surface area contributed by atoms with E-state index in [0.29, 0.717) is 39.0 Å². The van der Waals surface area contributed by atoms with Gasteiger partial charge in [-0.05, 0) is 30.3 Å². The number of nitrogens with zero attached hydrogens (tertiary/aromatic N) is 2. The molecule has 0 saturated heterocycles. The van der Waals surface area contributed by atoms with Crippen molar-refractivity contribution in [2.45, 2.75) is 0 Å². The number of benzene rings is 3. The van der Waals surface area contributed by atoms with Gasteiger partial charge < -0.3 is 20.5 Å². The minimum absolute atomic E-state index is 0.321. The van der Waals surface area contributed by atoms with Crippen LogP contribution in [0, 0.1) is 0 Å². The lowest BCUT2D eigenvalue weighted by molar-refractivity contribution is 0.0600. The third-order valence-corrected chi connectivity index (χ3v) is 4.80. The number of carbonyl (C=O) groups excluding carboxylic acids is 1. The number of hydrogen-bond acceptors (Lipinski definition) is 7. The number of methoxy groups -OCH3 is 1. The number of nitrogens with one attached hydrogen (secondary N) is 1. The van der Waals surface area contributed by atoms with E-state index in [1.165, 1.54) is 7.11 Å². The zero-order chi connectivity index (χ0) is 21.1. The summed E-state index contributed by atoms with van der Waals surface area (Å²) in [5.41, 5.74) is 7.76. The predicted molar refractivity (Wildman–Crippen MR) is 119 cm³/mol. The van der Waals surface area contributed by atoms with Crippen molar-refractivity contribution in [2.24, 2.45) is 0 Å². The largest absolute Gasteiger partial charge is 0.465 e. The number of fused-ring (bicyclic) bond motifs is 1. The standard InChI is InChI=1S/C22H17BrN4O3/c1-29-21(28)13-10-14(23)12-15(11-13)26-22-25-9-8-20(27-22)30-19-7-6-18(24)16-4-2-3-5-17(16)19/h2-12H,24H2,1H3,(H,25,26,27). The summed E-state index contributed by atoms with van der Waals surface area (Å²) in [6, 6.07) is 18.1. The first-order chi connectivity index (χ1) is 14.5. The van der Waals surface area contributed by atoms with Crippen LogP contribution in [0.1, 0.15) is 10.4 Å². The highest BCUT2D eigenvalue weighted by Gasteiger charge is 2.11. The summed E-state index contributed by atoms with van der Waals surface area (Å²) in [4.78, 5) is 20.5. The number of halogens is 1.